The lowest BCUT2D eigenvalue weighted by atomic mass is 9.94. The second kappa shape index (κ2) is 7.51. The second-order valence-corrected chi connectivity index (χ2v) is 7.50. The third-order valence-corrected chi connectivity index (χ3v) is 5.62. The van der Waals surface area contributed by atoms with E-state index in [1.54, 1.807) is 0 Å². The molecule has 1 atom stereocenters. The molecule has 1 saturated heterocycles. The highest BCUT2D eigenvalue weighted by atomic mass is 79.9. The molecule has 7 nitrogen and oxygen atoms in total. The van der Waals surface area contributed by atoms with Crippen LogP contribution in [0, 0.1) is 16.0 Å². The van der Waals surface area contributed by atoms with Crippen LogP contribution < -0.4 is 5.32 Å². The maximum absolute atomic E-state index is 12.5. The summed E-state index contributed by atoms with van der Waals surface area (Å²) >= 11 is 3.24. The van der Waals surface area contributed by atoms with Gasteiger partial charge in [-0.3, -0.25) is 19.7 Å². The summed E-state index contributed by atoms with van der Waals surface area (Å²) in [4.78, 5) is 37.0. The predicted octanol–water partition coefficient (Wildman–Crippen LogP) is 3.48. The van der Waals surface area contributed by atoms with Gasteiger partial charge in [-0.05, 0) is 34.8 Å². The van der Waals surface area contributed by atoms with E-state index in [1.165, 1.54) is 24.6 Å². The highest BCUT2D eigenvalue weighted by Gasteiger charge is 2.38. The Morgan fingerprint density at radius 1 is 1.28 bits per heavy atom. The van der Waals surface area contributed by atoms with E-state index in [-0.39, 0.29) is 35.9 Å². The number of carbonyl (C=O) groups excluding carboxylic acids is 2. The van der Waals surface area contributed by atoms with Crippen LogP contribution in [0.3, 0.4) is 0 Å². The minimum Gasteiger partial charge on any atom is -0.339 e. The fraction of sp³-hybridized carbons (Fsp3) is 0.529. The molecule has 2 aliphatic rings. The van der Waals surface area contributed by atoms with Crippen LogP contribution in [-0.2, 0) is 9.59 Å². The minimum atomic E-state index is -0.492. The number of anilines is 1. The number of hydrogen-bond donors (Lipinski definition) is 1. The Kier molecular flexibility index (Phi) is 5.36. The molecule has 25 heavy (non-hydrogen) atoms. The summed E-state index contributed by atoms with van der Waals surface area (Å²) in [5.41, 5.74) is 0.420. The van der Waals surface area contributed by atoms with Crippen molar-refractivity contribution in [1.29, 1.82) is 0 Å². The van der Waals surface area contributed by atoms with Gasteiger partial charge in [-0.25, -0.2) is 0 Å². The first-order valence-corrected chi connectivity index (χ1v) is 9.29. The normalized spacial score (nSPS) is 21.4. The molecule has 1 aromatic carbocycles. The van der Waals surface area contributed by atoms with Crippen LogP contribution in [0.5, 0.6) is 0 Å². The minimum absolute atomic E-state index is 0.0508. The number of non-ortho nitro benzene ring substituents is 1. The van der Waals surface area contributed by atoms with Crippen LogP contribution in [0.25, 0.3) is 0 Å². The molecule has 8 heteroatoms. The topological polar surface area (TPSA) is 92.5 Å². The number of likely N-dealkylation sites (tertiary alicyclic amines) is 1. The summed E-state index contributed by atoms with van der Waals surface area (Å²) in [6, 6.07) is 4.46. The van der Waals surface area contributed by atoms with E-state index in [4.69, 9.17) is 0 Å². The summed E-state index contributed by atoms with van der Waals surface area (Å²) in [7, 11) is 0. The average molecular weight is 410 g/mol. The molecule has 2 fully saturated rings. The summed E-state index contributed by atoms with van der Waals surface area (Å²) in [6.45, 7) is 0.458. The number of hydrogen-bond acceptors (Lipinski definition) is 4. The van der Waals surface area contributed by atoms with E-state index in [0.717, 1.165) is 25.7 Å². The number of nitrogens with one attached hydrogen (secondary N) is 1. The van der Waals surface area contributed by atoms with Crippen molar-refractivity contribution in [2.24, 2.45) is 5.92 Å². The predicted molar refractivity (Wildman–Crippen MR) is 96.1 cm³/mol. The van der Waals surface area contributed by atoms with E-state index >= 15 is 0 Å². The monoisotopic (exact) mass is 409 g/mol. The fourth-order valence-corrected chi connectivity index (χ4v) is 4.07. The van der Waals surface area contributed by atoms with Crippen molar-refractivity contribution in [3.05, 3.63) is 32.8 Å². The first-order chi connectivity index (χ1) is 12.0. The van der Waals surface area contributed by atoms with Gasteiger partial charge in [0, 0.05) is 35.6 Å². The zero-order valence-corrected chi connectivity index (χ0v) is 15.3. The molecular formula is C17H20BrN3O4. The number of nitro groups is 1. The van der Waals surface area contributed by atoms with Crippen molar-refractivity contribution < 1.29 is 14.5 Å². The average Bonchev–Trinajstić information content (AvgIpc) is 2.99. The Morgan fingerprint density at radius 2 is 2.00 bits per heavy atom. The number of rotatable bonds is 4. The van der Waals surface area contributed by atoms with Crippen molar-refractivity contribution in [2.45, 2.75) is 44.6 Å². The van der Waals surface area contributed by atoms with E-state index in [9.17, 15) is 19.7 Å². The number of amides is 2. The summed E-state index contributed by atoms with van der Waals surface area (Å²) in [5.74, 6) is -0.549. The van der Waals surface area contributed by atoms with Crippen LogP contribution in [0.2, 0.25) is 0 Å². The first kappa shape index (κ1) is 17.8. The lowest BCUT2D eigenvalue weighted by molar-refractivity contribution is -0.384. The van der Waals surface area contributed by atoms with Gasteiger partial charge in [-0.15, -0.1) is 0 Å². The van der Waals surface area contributed by atoms with Gasteiger partial charge in [0.1, 0.15) is 0 Å². The second-order valence-electron chi connectivity index (χ2n) is 6.65. The van der Waals surface area contributed by atoms with Gasteiger partial charge in [-0.2, -0.15) is 0 Å². The van der Waals surface area contributed by atoms with E-state index in [2.05, 4.69) is 21.2 Å². The molecule has 0 aromatic heterocycles. The van der Waals surface area contributed by atoms with Gasteiger partial charge < -0.3 is 10.2 Å². The highest BCUT2D eigenvalue weighted by molar-refractivity contribution is 9.10. The van der Waals surface area contributed by atoms with Gasteiger partial charge in [0.05, 0.1) is 16.5 Å². The number of nitro benzene ring substituents is 1. The van der Waals surface area contributed by atoms with Crippen LogP contribution >= 0.6 is 15.9 Å². The fourth-order valence-electron chi connectivity index (χ4n) is 3.61. The number of nitrogens with zero attached hydrogens (tertiary/aromatic N) is 2. The molecule has 134 valence electrons. The van der Waals surface area contributed by atoms with Crippen LogP contribution in [-0.4, -0.2) is 34.2 Å². The number of carbonyl (C=O) groups is 2. The van der Waals surface area contributed by atoms with Crippen LogP contribution in [0.1, 0.15) is 38.5 Å². The zero-order chi connectivity index (χ0) is 18.0. The third kappa shape index (κ3) is 4.00. The Labute approximate surface area is 154 Å². The van der Waals surface area contributed by atoms with E-state index in [0.29, 0.717) is 16.7 Å². The van der Waals surface area contributed by atoms with E-state index < -0.39 is 4.92 Å². The van der Waals surface area contributed by atoms with Gasteiger partial charge in [0.2, 0.25) is 11.8 Å². The van der Waals surface area contributed by atoms with Crippen molar-refractivity contribution in [3.63, 3.8) is 0 Å². The molecule has 1 saturated carbocycles. The molecule has 1 heterocycles. The van der Waals surface area contributed by atoms with E-state index in [1.807, 2.05) is 4.90 Å². The largest absolute Gasteiger partial charge is 0.339 e. The summed E-state index contributed by atoms with van der Waals surface area (Å²) in [6.07, 6.45) is 5.77. The Hall–Kier alpha value is -1.96. The lowest BCUT2D eigenvalue weighted by Crippen LogP contribution is -2.38. The molecular weight excluding hydrogens is 390 g/mol. The highest BCUT2D eigenvalue weighted by Crippen LogP contribution is 2.31. The van der Waals surface area contributed by atoms with Gasteiger partial charge >= 0.3 is 0 Å². The smallest absolute Gasteiger partial charge is 0.270 e. The number of halogens is 1. The van der Waals surface area contributed by atoms with Gasteiger partial charge in [-0.1, -0.05) is 19.3 Å². The molecule has 2 amide bonds. The Bertz CT molecular complexity index is 703. The third-order valence-electron chi connectivity index (χ3n) is 4.97. The molecule has 0 spiro atoms. The SMILES string of the molecule is O=C(Nc1ccc([N+](=O)[O-])cc1Br)[C@@H]1CC(=O)N(C2CCCCC2)C1. The molecule has 1 aromatic rings. The molecule has 1 aliphatic heterocycles. The quantitative estimate of drug-likeness (QED) is 0.608. The van der Waals surface area contributed by atoms with Crippen LogP contribution in [0.15, 0.2) is 22.7 Å². The maximum Gasteiger partial charge on any atom is 0.270 e. The standard InChI is InChI=1S/C17H20BrN3O4/c18-14-9-13(21(24)25)6-7-15(14)19-17(23)11-8-16(22)20(10-11)12-4-2-1-3-5-12/h6-7,9,11-12H,1-5,8,10H2,(H,19,23)/t11-/m1/s1. The zero-order valence-electron chi connectivity index (χ0n) is 13.7. The molecule has 0 radical (unpaired) electrons. The number of benzene rings is 1. The maximum atomic E-state index is 12.5. The molecule has 0 bridgehead atoms. The summed E-state index contributed by atoms with van der Waals surface area (Å²) in [5, 5.41) is 13.5. The summed E-state index contributed by atoms with van der Waals surface area (Å²) < 4.78 is 0.448. The van der Waals surface area contributed by atoms with Crippen molar-refractivity contribution in [3.8, 4) is 0 Å². The molecule has 3 rings (SSSR count). The lowest BCUT2D eigenvalue weighted by Gasteiger charge is -2.31. The van der Waals surface area contributed by atoms with Gasteiger partial charge in [0.25, 0.3) is 5.69 Å². The van der Waals surface area contributed by atoms with Crippen molar-refractivity contribution >= 4 is 39.1 Å². The Balaban J connectivity index is 1.64. The molecule has 1 aliphatic carbocycles. The van der Waals surface area contributed by atoms with Crippen molar-refractivity contribution in [2.75, 3.05) is 11.9 Å². The van der Waals surface area contributed by atoms with Gasteiger partial charge in [0.15, 0.2) is 0 Å². The molecule has 1 N–H and O–H groups in total. The molecule has 0 unspecified atom stereocenters. The van der Waals surface area contributed by atoms with Crippen LogP contribution in [0.4, 0.5) is 11.4 Å². The Morgan fingerprint density at radius 3 is 2.64 bits per heavy atom. The first-order valence-electron chi connectivity index (χ1n) is 8.50. The van der Waals surface area contributed by atoms with Crippen molar-refractivity contribution in [1.82, 2.24) is 4.90 Å².